The van der Waals surface area contributed by atoms with Crippen molar-refractivity contribution < 1.29 is 14.7 Å². The third kappa shape index (κ3) is 4.48. The molecule has 0 spiro atoms. The van der Waals surface area contributed by atoms with Crippen LogP contribution in [0.2, 0.25) is 0 Å². The highest BCUT2D eigenvalue weighted by Crippen LogP contribution is 2.36. The van der Waals surface area contributed by atoms with Crippen LogP contribution in [0.25, 0.3) is 0 Å². The Kier molecular flexibility index (Phi) is 4.83. The summed E-state index contributed by atoms with van der Waals surface area (Å²) in [5.41, 5.74) is 1.36. The fourth-order valence-corrected chi connectivity index (χ4v) is 2.71. The number of carboxylic acid groups (broad SMARTS) is 1. The van der Waals surface area contributed by atoms with E-state index in [1.165, 1.54) is 37.8 Å². The molecular formula is C16H22N2O3. The van der Waals surface area contributed by atoms with Crippen LogP contribution in [0.4, 0.5) is 4.79 Å². The van der Waals surface area contributed by atoms with Gasteiger partial charge in [0.05, 0.1) is 5.56 Å². The molecule has 2 rings (SSSR count). The highest BCUT2D eigenvalue weighted by atomic mass is 16.4. The fraction of sp³-hybridized carbons (Fsp3) is 0.500. The van der Waals surface area contributed by atoms with Crippen molar-refractivity contribution in [2.24, 2.45) is 5.41 Å². The van der Waals surface area contributed by atoms with Crippen molar-refractivity contribution in [1.82, 2.24) is 10.6 Å². The van der Waals surface area contributed by atoms with E-state index in [1.54, 1.807) is 12.1 Å². The van der Waals surface area contributed by atoms with Crippen molar-refractivity contribution >= 4 is 12.0 Å². The number of urea groups is 1. The van der Waals surface area contributed by atoms with Gasteiger partial charge in [0.2, 0.25) is 0 Å². The Balaban J connectivity index is 1.74. The van der Waals surface area contributed by atoms with Crippen LogP contribution in [0.1, 0.15) is 48.5 Å². The van der Waals surface area contributed by atoms with Crippen LogP contribution in [-0.4, -0.2) is 23.7 Å². The van der Waals surface area contributed by atoms with Crippen LogP contribution in [0.15, 0.2) is 24.3 Å². The van der Waals surface area contributed by atoms with Gasteiger partial charge in [0.1, 0.15) is 0 Å². The van der Waals surface area contributed by atoms with Gasteiger partial charge in [-0.3, -0.25) is 0 Å². The average Bonchev–Trinajstić information content (AvgIpc) is 2.91. The molecule has 0 atom stereocenters. The topological polar surface area (TPSA) is 78.4 Å². The minimum atomic E-state index is -0.947. The number of amides is 2. The Morgan fingerprint density at radius 2 is 1.76 bits per heavy atom. The molecule has 5 heteroatoms. The number of hydrogen-bond donors (Lipinski definition) is 3. The summed E-state index contributed by atoms with van der Waals surface area (Å²) in [5.74, 6) is -0.947. The molecule has 1 aliphatic carbocycles. The number of carboxylic acids is 1. The smallest absolute Gasteiger partial charge is 0.335 e. The normalized spacial score (nSPS) is 16.4. The summed E-state index contributed by atoms with van der Waals surface area (Å²) >= 11 is 0. The van der Waals surface area contributed by atoms with Crippen molar-refractivity contribution in [3.8, 4) is 0 Å². The number of aromatic carboxylic acids is 1. The van der Waals surface area contributed by atoms with E-state index in [1.807, 2.05) is 0 Å². The summed E-state index contributed by atoms with van der Waals surface area (Å²) in [4.78, 5) is 22.5. The SMILES string of the molecule is CC1(CNC(=O)NCc2ccc(C(=O)O)cc2)CCCC1. The van der Waals surface area contributed by atoms with E-state index in [4.69, 9.17) is 5.11 Å². The molecule has 1 aliphatic rings. The van der Waals surface area contributed by atoms with Gasteiger partial charge in [0.15, 0.2) is 0 Å². The second kappa shape index (κ2) is 6.61. The minimum absolute atomic E-state index is 0.176. The maximum Gasteiger partial charge on any atom is 0.335 e. The first-order valence-corrected chi connectivity index (χ1v) is 7.32. The van der Waals surface area contributed by atoms with Crippen molar-refractivity contribution in [2.75, 3.05) is 6.54 Å². The zero-order chi connectivity index (χ0) is 15.3. The van der Waals surface area contributed by atoms with E-state index in [2.05, 4.69) is 17.6 Å². The van der Waals surface area contributed by atoms with Crippen molar-refractivity contribution in [2.45, 2.75) is 39.2 Å². The molecule has 21 heavy (non-hydrogen) atoms. The van der Waals surface area contributed by atoms with Gasteiger partial charge in [-0.05, 0) is 36.0 Å². The van der Waals surface area contributed by atoms with Gasteiger partial charge in [0, 0.05) is 13.1 Å². The average molecular weight is 290 g/mol. The Morgan fingerprint density at radius 1 is 1.14 bits per heavy atom. The van der Waals surface area contributed by atoms with Crippen molar-refractivity contribution in [3.05, 3.63) is 35.4 Å². The molecule has 0 unspecified atom stereocenters. The van der Waals surface area contributed by atoms with Crippen molar-refractivity contribution in [1.29, 1.82) is 0 Å². The van der Waals surface area contributed by atoms with E-state index >= 15 is 0 Å². The fourth-order valence-electron chi connectivity index (χ4n) is 2.71. The van der Waals surface area contributed by atoms with Crippen LogP contribution >= 0.6 is 0 Å². The first-order chi connectivity index (χ1) is 9.98. The Labute approximate surface area is 124 Å². The van der Waals surface area contributed by atoms with Crippen LogP contribution in [0.3, 0.4) is 0 Å². The number of carbonyl (C=O) groups excluding carboxylic acids is 1. The van der Waals surface area contributed by atoms with E-state index in [0.29, 0.717) is 13.1 Å². The third-order valence-corrected chi connectivity index (χ3v) is 4.14. The standard InChI is InChI=1S/C16H22N2O3/c1-16(8-2-3-9-16)11-18-15(21)17-10-12-4-6-13(7-5-12)14(19)20/h4-7H,2-3,8-11H2,1H3,(H,19,20)(H2,17,18,21). The molecule has 114 valence electrons. The van der Waals surface area contributed by atoms with E-state index in [9.17, 15) is 9.59 Å². The van der Waals surface area contributed by atoms with Gasteiger partial charge in [-0.25, -0.2) is 9.59 Å². The number of benzene rings is 1. The predicted molar refractivity (Wildman–Crippen MR) is 80.2 cm³/mol. The molecule has 0 aromatic heterocycles. The molecule has 2 amide bonds. The number of hydrogen-bond acceptors (Lipinski definition) is 2. The molecule has 1 fully saturated rings. The second-order valence-electron chi connectivity index (χ2n) is 6.06. The predicted octanol–water partition coefficient (Wildman–Crippen LogP) is 2.76. The molecule has 1 aromatic carbocycles. The zero-order valence-corrected chi connectivity index (χ0v) is 12.3. The molecule has 1 saturated carbocycles. The monoisotopic (exact) mass is 290 g/mol. The number of carbonyl (C=O) groups is 2. The Morgan fingerprint density at radius 3 is 2.33 bits per heavy atom. The maximum absolute atomic E-state index is 11.8. The van der Waals surface area contributed by atoms with Crippen LogP contribution < -0.4 is 10.6 Å². The molecule has 0 saturated heterocycles. The van der Waals surface area contributed by atoms with E-state index in [-0.39, 0.29) is 17.0 Å². The number of rotatable bonds is 5. The van der Waals surface area contributed by atoms with Gasteiger partial charge in [-0.1, -0.05) is 31.9 Å². The van der Waals surface area contributed by atoms with Crippen LogP contribution in [0.5, 0.6) is 0 Å². The first kappa shape index (κ1) is 15.4. The molecular weight excluding hydrogens is 268 g/mol. The van der Waals surface area contributed by atoms with Gasteiger partial charge in [-0.15, -0.1) is 0 Å². The van der Waals surface area contributed by atoms with Gasteiger partial charge in [-0.2, -0.15) is 0 Å². The summed E-state index contributed by atoms with van der Waals surface area (Å²) in [6, 6.07) is 6.32. The van der Waals surface area contributed by atoms with Crippen LogP contribution in [-0.2, 0) is 6.54 Å². The third-order valence-electron chi connectivity index (χ3n) is 4.14. The first-order valence-electron chi connectivity index (χ1n) is 7.32. The van der Waals surface area contributed by atoms with Crippen molar-refractivity contribution in [3.63, 3.8) is 0 Å². The Bertz CT molecular complexity index is 505. The lowest BCUT2D eigenvalue weighted by atomic mass is 9.89. The molecule has 3 N–H and O–H groups in total. The molecule has 0 aliphatic heterocycles. The molecule has 5 nitrogen and oxygen atoms in total. The Hall–Kier alpha value is -2.04. The van der Waals surface area contributed by atoms with E-state index < -0.39 is 5.97 Å². The second-order valence-corrected chi connectivity index (χ2v) is 6.06. The summed E-state index contributed by atoms with van der Waals surface area (Å²) < 4.78 is 0. The minimum Gasteiger partial charge on any atom is -0.478 e. The van der Waals surface area contributed by atoms with Gasteiger partial charge in [0.25, 0.3) is 0 Å². The lowest BCUT2D eigenvalue weighted by Crippen LogP contribution is -2.40. The molecule has 0 heterocycles. The molecule has 0 radical (unpaired) electrons. The summed E-state index contributed by atoms with van der Waals surface area (Å²) in [6.45, 7) is 3.31. The quantitative estimate of drug-likeness (QED) is 0.780. The largest absolute Gasteiger partial charge is 0.478 e. The zero-order valence-electron chi connectivity index (χ0n) is 12.3. The lowest BCUT2D eigenvalue weighted by Gasteiger charge is -2.23. The highest BCUT2D eigenvalue weighted by molar-refractivity contribution is 5.87. The molecule has 0 bridgehead atoms. The van der Waals surface area contributed by atoms with E-state index in [0.717, 1.165) is 5.56 Å². The maximum atomic E-state index is 11.8. The summed E-state index contributed by atoms with van der Waals surface area (Å²) in [6.07, 6.45) is 4.83. The van der Waals surface area contributed by atoms with Gasteiger partial charge >= 0.3 is 12.0 Å². The summed E-state index contributed by atoms with van der Waals surface area (Å²) in [5, 5.41) is 14.5. The lowest BCUT2D eigenvalue weighted by molar-refractivity contribution is 0.0697. The van der Waals surface area contributed by atoms with Gasteiger partial charge < -0.3 is 15.7 Å². The summed E-state index contributed by atoms with van der Waals surface area (Å²) in [7, 11) is 0. The number of nitrogens with one attached hydrogen (secondary N) is 2. The highest BCUT2D eigenvalue weighted by Gasteiger charge is 2.28. The van der Waals surface area contributed by atoms with Crippen LogP contribution in [0, 0.1) is 5.41 Å². The molecule has 1 aromatic rings.